The van der Waals surface area contributed by atoms with E-state index in [2.05, 4.69) is 4.99 Å². The number of hydrogen-bond acceptors (Lipinski definition) is 9. The van der Waals surface area contributed by atoms with Crippen LogP contribution in [0.25, 0.3) is 22.3 Å². The van der Waals surface area contributed by atoms with Gasteiger partial charge in [-0.1, -0.05) is 13.0 Å². The van der Waals surface area contributed by atoms with Crippen LogP contribution < -0.4 is 10.5 Å². The lowest BCUT2D eigenvalue weighted by Gasteiger charge is -2.35. The molecule has 0 saturated heterocycles. The van der Waals surface area contributed by atoms with Gasteiger partial charge in [0.1, 0.15) is 6.61 Å². The van der Waals surface area contributed by atoms with E-state index in [4.69, 9.17) is 14.5 Å². The van der Waals surface area contributed by atoms with Gasteiger partial charge in [0.15, 0.2) is 0 Å². The van der Waals surface area contributed by atoms with E-state index >= 15 is 0 Å². The average Bonchev–Trinajstić information content (AvgIpc) is 3.21. The van der Waals surface area contributed by atoms with Crippen LogP contribution in [0.5, 0.6) is 0 Å². The number of aromatic nitrogens is 2. The van der Waals surface area contributed by atoms with Gasteiger partial charge in [-0.15, -0.1) is 0 Å². The minimum atomic E-state index is -1.69. The summed E-state index contributed by atoms with van der Waals surface area (Å²) in [5, 5.41) is 10.5. The molecule has 10 nitrogen and oxygen atoms in total. The van der Waals surface area contributed by atoms with Crippen LogP contribution in [0.4, 0.5) is 11.4 Å². The highest BCUT2D eigenvalue weighted by molar-refractivity contribution is 6.11. The third-order valence-corrected chi connectivity index (χ3v) is 6.91. The first-order valence-electron chi connectivity index (χ1n) is 11.4. The highest BCUT2D eigenvalue weighted by Crippen LogP contribution is 2.46. The van der Waals surface area contributed by atoms with E-state index in [0.717, 1.165) is 22.3 Å². The van der Waals surface area contributed by atoms with Gasteiger partial charge in [-0.25, -0.2) is 14.8 Å². The lowest BCUT2D eigenvalue weighted by Crippen LogP contribution is -2.47. The lowest BCUT2D eigenvalue weighted by molar-refractivity contribution is -0.188. The lowest BCUT2D eigenvalue weighted by atomic mass is 9.85. The van der Waals surface area contributed by atoms with Gasteiger partial charge in [0.25, 0.3) is 5.56 Å². The number of esters is 2. The predicted molar refractivity (Wildman–Crippen MR) is 127 cm³/mol. The summed E-state index contributed by atoms with van der Waals surface area (Å²) in [6, 6.07) is 7.38. The second-order valence-corrected chi connectivity index (χ2v) is 8.78. The number of aliphatic hydroxyl groups excluding tert-OH is 1. The number of nitrogens with zero attached hydrogens (tertiary/aromatic N) is 4. The fourth-order valence-electron chi connectivity index (χ4n) is 5.38. The number of carbonyl (C=O) groups is 2. The van der Waals surface area contributed by atoms with Crippen molar-refractivity contribution in [1.82, 2.24) is 9.55 Å². The first kappa shape index (κ1) is 21.5. The van der Waals surface area contributed by atoms with Crippen LogP contribution in [0.15, 0.2) is 34.1 Å². The minimum absolute atomic E-state index is 0.0746. The van der Waals surface area contributed by atoms with Crippen LogP contribution >= 0.6 is 0 Å². The maximum Gasteiger partial charge on any atom is 0.355 e. The summed E-state index contributed by atoms with van der Waals surface area (Å²) in [6.45, 7) is 3.26. The van der Waals surface area contributed by atoms with E-state index in [-0.39, 0.29) is 37.3 Å². The van der Waals surface area contributed by atoms with Crippen LogP contribution in [0, 0.1) is 0 Å². The van der Waals surface area contributed by atoms with Gasteiger partial charge in [-0.05, 0) is 24.6 Å². The topological polar surface area (TPSA) is 123 Å². The summed E-state index contributed by atoms with van der Waals surface area (Å²) in [4.78, 5) is 49.8. The Balaban J connectivity index is 1.65. The van der Waals surface area contributed by atoms with Gasteiger partial charge < -0.3 is 24.0 Å². The van der Waals surface area contributed by atoms with E-state index in [9.17, 15) is 19.5 Å². The molecule has 0 bridgehead atoms. The molecule has 0 unspecified atom stereocenters. The van der Waals surface area contributed by atoms with E-state index in [1.165, 1.54) is 6.92 Å². The zero-order valence-electron chi connectivity index (χ0n) is 19.2. The van der Waals surface area contributed by atoms with Crippen LogP contribution in [-0.4, -0.2) is 46.1 Å². The normalized spacial score (nSPS) is 19.3. The standard InChI is InChI=1S/C25H22N4O6/c1-3-25(35-13(2)31)16-9-19-21-14(10-29(19)23(32)15(16)11-34-24(25)33)22-20-17(5-4-6-18(20)27-21)26-12-28(22)7-8-30/h4-6,9,12,30H,3,7-8,10-11H2,1-2H3/t25-/m0/s1. The number of anilines is 1. The number of ether oxygens (including phenoxy) is 2. The van der Waals surface area contributed by atoms with Crippen molar-refractivity contribution in [3.63, 3.8) is 0 Å². The number of rotatable bonds is 4. The van der Waals surface area contributed by atoms with E-state index in [1.807, 2.05) is 23.1 Å². The first-order chi connectivity index (χ1) is 16.9. The molecule has 0 saturated carbocycles. The number of hydrogen-bond donors (Lipinski definition) is 1. The molecule has 1 N–H and O–H groups in total. The fraction of sp³-hybridized carbons (Fsp3) is 0.320. The van der Waals surface area contributed by atoms with Gasteiger partial charge in [0.05, 0.1) is 58.7 Å². The molecule has 10 heteroatoms. The Bertz CT molecular complexity index is 1540. The predicted octanol–water partition coefficient (Wildman–Crippen LogP) is 2.12. The Kier molecular flexibility index (Phi) is 4.59. The SMILES string of the molecule is CC[C@@]1(OC(C)=O)C(=O)OCc2c1cc1n(c2=O)Cc2c-1nc1cccc3c1c2N(CCO)C=N3. The van der Waals surface area contributed by atoms with Crippen molar-refractivity contribution in [3.8, 4) is 11.4 Å². The largest absolute Gasteiger partial charge is 0.457 e. The van der Waals surface area contributed by atoms with Crippen molar-refractivity contribution in [2.45, 2.75) is 39.0 Å². The molecule has 5 heterocycles. The third-order valence-electron chi connectivity index (χ3n) is 6.91. The van der Waals surface area contributed by atoms with Crippen LogP contribution in [-0.2, 0) is 37.8 Å². The van der Waals surface area contributed by atoms with E-state index in [1.54, 1.807) is 23.9 Å². The van der Waals surface area contributed by atoms with Crippen molar-refractivity contribution in [2.24, 2.45) is 4.99 Å². The third kappa shape index (κ3) is 2.83. The Hall–Kier alpha value is -4.05. The molecule has 1 atom stereocenters. The number of aliphatic hydroxyl groups is 1. The monoisotopic (exact) mass is 474 g/mol. The Morgan fingerprint density at radius 2 is 2.11 bits per heavy atom. The molecule has 3 aliphatic rings. The summed E-state index contributed by atoms with van der Waals surface area (Å²) in [6.07, 6.45) is 1.80. The van der Waals surface area contributed by atoms with Crippen molar-refractivity contribution >= 4 is 40.6 Å². The van der Waals surface area contributed by atoms with Gasteiger partial charge >= 0.3 is 11.9 Å². The second-order valence-electron chi connectivity index (χ2n) is 8.78. The summed E-state index contributed by atoms with van der Waals surface area (Å²) in [5.74, 6) is -1.33. The van der Waals surface area contributed by atoms with Gasteiger partial charge in [0.2, 0.25) is 5.60 Å². The number of aliphatic imine (C=N–C) groups is 1. The van der Waals surface area contributed by atoms with Gasteiger partial charge in [0, 0.05) is 24.6 Å². The van der Waals surface area contributed by atoms with E-state index < -0.39 is 17.5 Å². The maximum absolute atomic E-state index is 13.7. The van der Waals surface area contributed by atoms with Crippen molar-refractivity contribution in [1.29, 1.82) is 0 Å². The summed E-state index contributed by atoms with van der Waals surface area (Å²) >= 11 is 0. The van der Waals surface area contributed by atoms with Crippen molar-refractivity contribution < 1.29 is 24.2 Å². The molecule has 2 aromatic heterocycles. The molecule has 0 aliphatic carbocycles. The molecule has 0 radical (unpaired) electrons. The maximum atomic E-state index is 13.7. The Morgan fingerprint density at radius 3 is 2.86 bits per heavy atom. The highest BCUT2D eigenvalue weighted by Gasteiger charge is 2.50. The smallest absolute Gasteiger partial charge is 0.355 e. The van der Waals surface area contributed by atoms with Crippen molar-refractivity contribution in [2.75, 3.05) is 18.1 Å². The van der Waals surface area contributed by atoms with Gasteiger partial charge in [-0.3, -0.25) is 9.59 Å². The molecule has 35 heavy (non-hydrogen) atoms. The zero-order chi connectivity index (χ0) is 24.5. The Labute approximate surface area is 199 Å². The molecule has 1 aromatic carbocycles. The second kappa shape index (κ2) is 7.47. The average molecular weight is 474 g/mol. The zero-order valence-corrected chi connectivity index (χ0v) is 19.2. The fourth-order valence-corrected chi connectivity index (χ4v) is 5.38. The van der Waals surface area contributed by atoms with Gasteiger partial charge in [-0.2, -0.15) is 0 Å². The molecule has 0 spiro atoms. The number of cyclic esters (lactones) is 1. The number of fused-ring (bicyclic) bond motifs is 5. The molecule has 0 fully saturated rings. The van der Waals surface area contributed by atoms with Crippen LogP contribution in [0.3, 0.4) is 0 Å². The molecular formula is C25H22N4O6. The number of β-amino-alcohol motifs (C(OH)–C–C–N with tert-alkyl or cyclic N) is 1. The van der Waals surface area contributed by atoms with Crippen LogP contribution in [0.1, 0.15) is 37.0 Å². The number of pyridine rings is 2. The summed E-state index contributed by atoms with van der Waals surface area (Å²) < 4.78 is 12.4. The number of benzene rings is 1. The summed E-state index contributed by atoms with van der Waals surface area (Å²) in [5.41, 5.74) is 2.91. The molecule has 3 aliphatic heterocycles. The summed E-state index contributed by atoms with van der Waals surface area (Å²) in [7, 11) is 0. The quantitative estimate of drug-likeness (QED) is 0.446. The molecule has 0 amide bonds. The van der Waals surface area contributed by atoms with Crippen molar-refractivity contribution in [3.05, 3.63) is 51.3 Å². The molecule has 3 aromatic rings. The highest BCUT2D eigenvalue weighted by atomic mass is 16.6. The molecule has 6 rings (SSSR count). The van der Waals surface area contributed by atoms with E-state index in [0.29, 0.717) is 29.0 Å². The first-order valence-corrected chi connectivity index (χ1v) is 11.4. The Morgan fingerprint density at radius 1 is 1.29 bits per heavy atom. The molecule has 178 valence electrons. The minimum Gasteiger partial charge on any atom is -0.457 e. The number of carbonyl (C=O) groups excluding carboxylic acids is 2. The van der Waals surface area contributed by atoms with Crippen LogP contribution in [0.2, 0.25) is 0 Å². The molecular weight excluding hydrogens is 452 g/mol.